The SMILES string of the molecule is C=C1CN(c2coc3c(F)cc(CC4C(=O)CC(=O)NC4=O)cc23)C(=O)S1. The Morgan fingerprint density at radius 1 is 1.30 bits per heavy atom. The maximum absolute atomic E-state index is 14.5. The van der Waals surface area contributed by atoms with Crippen LogP contribution < -0.4 is 10.2 Å². The summed E-state index contributed by atoms with van der Waals surface area (Å²) < 4.78 is 19.8. The highest BCUT2D eigenvalue weighted by molar-refractivity contribution is 8.17. The molecule has 3 amide bonds. The summed E-state index contributed by atoms with van der Waals surface area (Å²) >= 11 is 1.00. The zero-order valence-electron chi connectivity index (χ0n) is 13.9. The molecule has 0 saturated carbocycles. The number of hydrogen-bond donors (Lipinski definition) is 1. The van der Waals surface area contributed by atoms with Crippen molar-refractivity contribution in [1.82, 2.24) is 5.32 Å². The van der Waals surface area contributed by atoms with E-state index in [1.54, 1.807) is 6.07 Å². The van der Waals surface area contributed by atoms with Crippen molar-refractivity contribution in [3.8, 4) is 0 Å². The largest absolute Gasteiger partial charge is 0.459 e. The highest BCUT2D eigenvalue weighted by Gasteiger charge is 2.35. The predicted molar refractivity (Wildman–Crippen MR) is 95.6 cm³/mol. The first-order valence-corrected chi connectivity index (χ1v) is 8.88. The van der Waals surface area contributed by atoms with E-state index in [2.05, 4.69) is 11.9 Å². The van der Waals surface area contributed by atoms with Crippen LogP contribution in [-0.2, 0) is 20.8 Å². The normalized spacial score (nSPS) is 20.7. The molecule has 138 valence electrons. The van der Waals surface area contributed by atoms with Crippen LogP contribution in [-0.4, -0.2) is 29.4 Å². The molecule has 4 rings (SSSR count). The number of thioether (sulfide) groups is 1. The molecule has 0 spiro atoms. The Balaban J connectivity index is 1.71. The first-order valence-electron chi connectivity index (χ1n) is 8.06. The summed E-state index contributed by atoms with van der Waals surface area (Å²) in [7, 11) is 0. The maximum atomic E-state index is 14.5. The molecule has 1 N–H and O–H groups in total. The van der Waals surface area contributed by atoms with E-state index < -0.39 is 29.3 Å². The zero-order valence-corrected chi connectivity index (χ0v) is 14.7. The van der Waals surface area contributed by atoms with Gasteiger partial charge in [-0.3, -0.25) is 29.4 Å². The third kappa shape index (κ3) is 3.03. The number of halogens is 1. The van der Waals surface area contributed by atoms with Gasteiger partial charge in [0.1, 0.15) is 12.2 Å². The van der Waals surface area contributed by atoms with Gasteiger partial charge in [0.25, 0.3) is 5.24 Å². The summed E-state index contributed by atoms with van der Waals surface area (Å²) in [6.45, 7) is 4.05. The predicted octanol–water partition coefficient (Wildman–Crippen LogP) is 2.53. The minimum absolute atomic E-state index is 0.0151. The van der Waals surface area contributed by atoms with Crippen LogP contribution in [0, 0.1) is 11.7 Å². The summed E-state index contributed by atoms with van der Waals surface area (Å²) in [5, 5.41) is 2.24. The fourth-order valence-electron chi connectivity index (χ4n) is 3.24. The first kappa shape index (κ1) is 17.5. The van der Waals surface area contributed by atoms with Crippen molar-refractivity contribution in [1.29, 1.82) is 0 Å². The van der Waals surface area contributed by atoms with Crippen LogP contribution in [0.25, 0.3) is 11.0 Å². The van der Waals surface area contributed by atoms with Gasteiger partial charge in [-0.2, -0.15) is 0 Å². The first-order chi connectivity index (χ1) is 12.8. The van der Waals surface area contributed by atoms with Gasteiger partial charge < -0.3 is 4.42 Å². The van der Waals surface area contributed by atoms with E-state index in [4.69, 9.17) is 4.42 Å². The van der Waals surface area contributed by atoms with Crippen LogP contribution in [0.1, 0.15) is 12.0 Å². The van der Waals surface area contributed by atoms with Crippen LogP contribution in [0.2, 0.25) is 0 Å². The monoisotopic (exact) mass is 388 g/mol. The molecular formula is C18H13FN2O5S. The number of fused-ring (bicyclic) bond motifs is 1. The quantitative estimate of drug-likeness (QED) is 0.641. The number of nitrogens with one attached hydrogen (secondary N) is 1. The summed E-state index contributed by atoms with van der Waals surface area (Å²) in [5.41, 5.74) is 0.777. The molecule has 2 aliphatic heterocycles. The number of hydrogen-bond acceptors (Lipinski definition) is 6. The third-order valence-corrected chi connectivity index (χ3v) is 5.30. The lowest BCUT2D eigenvalue weighted by atomic mass is 9.89. The maximum Gasteiger partial charge on any atom is 0.291 e. The van der Waals surface area contributed by atoms with Gasteiger partial charge in [0.15, 0.2) is 17.2 Å². The van der Waals surface area contributed by atoms with Crippen molar-refractivity contribution in [3.63, 3.8) is 0 Å². The Kier molecular flexibility index (Phi) is 4.11. The Bertz CT molecular complexity index is 1020. The Hall–Kier alpha value is -2.94. The van der Waals surface area contributed by atoms with Crippen LogP contribution in [0.4, 0.5) is 14.9 Å². The number of imide groups is 1. The number of piperidine rings is 1. The van der Waals surface area contributed by atoms with Crippen molar-refractivity contribution in [2.45, 2.75) is 12.8 Å². The minimum Gasteiger partial charge on any atom is -0.459 e. The number of ketones is 1. The number of carbonyl (C=O) groups is 4. The van der Waals surface area contributed by atoms with E-state index in [0.29, 0.717) is 21.5 Å². The van der Waals surface area contributed by atoms with Crippen LogP contribution in [0.5, 0.6) is 0 Å². The molecule has 3 heterocycles. The molecule has 2 aromatic rings. The molecule has 0 bridgehead atoms. The molecule has 2 saturated heterocycles. The van der Waals surface area contributed by atoms with E-state index in [-0.39, 0.29) is 30.2 Å². The van der Waals surface area contributed by atoms with E-state index in [1.165, 1.54) is 17.2 Å². The molecule has 2 aliphatic rings. The van der Waals surface area contributed by atoms with Gasteiger partial charge in [-0.15, -0.1) is 0 Å². The van der Waals surface area contributed by atoms with Crippen molar-refractivity contribution in [2.75, 3.05) is 11.4 Å². The molecule has 27 heavy (non-hydrogen) atoms. The van der Waals surface area contributed by atoms with E-state index in [1.807, 2.05) is 0 Å². The number of carbonyl (C=O) groups excluding carboxylic acids is 4. The molecule has 1 atom stereocenters. The van der Waals surface area contributed by atoms with Gasteiger partial charge in [-0.25, -0.2) is 4.39 Å². The summed E-state index contributed by atoms with van der Waals surface area (Å²) in [4.78, 5) is 49.4. The highest BCUT2D eigenvalue weighted by Crippen LogP contribution is 2.38. The standard InChI is InChI=1S/C18H13FN2O5S/c1-8-6-21(18(25)27-8)13-7-26-16-10(13)2-9(4-12(16)19)3-11-14(22)5-15(23)20-17(11)24/h2,4,7,11H,1,3,5-6H2,(H,20,23,24). The molecule has 1 aromatic heterocycles. The molecule has 0 radical (unpaired) electrons. The molecule has 1 unspecified atom stereocenters. The Labute approximate surface area is 156 Å². The second-order valence-corrected chi connectivity index (χ2v) is 7.51. The Morgan fingerprint density at radius 2 is 2.07 bits per heavy atom. The number of anilines is 1. The van der Waals surface area contributed by atoms with Gasteiger partial charge in [0.2, 0.25) is 11.8 Å². The van der Waals surface area contributed by atoms with E-state index >= 15 is 0 Å². The molecule has 7 nitrogen and oxygen atoms in total. The number of benzene rings is 1. The molecule has 2 fully saturated rings. The smallest absolute Gasteiger partial charge is 0.291 e. The second kappa shape index (κ2) is 6.34. The molecule has 1 aromatic carbocycles. The van der Waals surface area contributed by atoms with Crippen molar-refractivity contribution < 1.29 is 28.0 Å². The number of Topliss-reactive ketones (excluding diaryl/α,β-unsaturated/α-hetero) is 1. The van der Waals surface area contributed by atoms with Gasteiger partial charge in [0, 0.05) is 10.3 Å². The molecule has 9 heteroatoms. The topological polar surface area (TPSA) is 96.7 Å². The number of nitrogens with zero attached hydrogens (tertiary/aromatic N) is 1. The van der Waals surface area contributed by atoms with Gasteiger partial charge in [-0.1, -0.05) is 6.58 Å². The van der Waals surface area contributed by atoms with Crippen LogP contribution in [0.15, 0.2) is 34.3 Å². The van der Waals surface area contributed by atoms with Crippen molar-refractivity contribution in [2.24, 2.45) is 5.92 Å². The fourth-order valence-corrected chi connectivity index (χ4v) is 3.95. The van der Waals surface area contributed by atoms with Crippen LogP contribution >= 0.6 is 11.8 Å². The van der Waals surface area contributed by atoms with Crippen molar-refractivity contribution in [3.05, 3.63) is 41.3 Å². The minimum atomic E-state index is -1.06. The van der Waals surface area contributed by atoms with E-state index in [9.17, 15) is 23.6 Å². The average molecular weight is 388 g/mol. The summed E-state index contributed by atoms with van der Waals surface area (Å²) in [5.74, 6) is -3.54. The number of furan rings is 1. The molecular weight excluding hydrogens is 375 g/mol. The second-order valence-electron chi connectivity index (χ2n) is 6.38. The lowest BCUT2D eigenvalue weighted by Crippen LogP contribution is -2.46. The van der Waals surface area contributed by atoms with E-state index in [0.717, 1.165) is 11.8 Å². The highest BCUT2D eigenvalue weighted by atomic mass is 32.2. The number of amides is 3. The van der Waals surface area contributed by atoms with Crippen LogP contribution in [0.3, 0.4) is 0 Å². The Morgan fingerprint density at radius 3 is 2.74 bits per heavy atom. The van der Waals surface area contributed by atoms with Crippen molar-refractivity contribution >= 4 is 51.3 Å². The van der Waals surface area contributed by atoms with Gasteiger partial charge >= 0.3 is 0 Å². The summed E-state index contributed by atoms with van der Waals surface area (Å²) in [6, 6.07) is 2.78. The third-order valence-electron chi connectivity index (χ3n) is 4.49. The zero-order chi connectivity index (χ0) is 19.3. The lowest BCUT2D eigenvalue weighted by molar-refractivity contribution is -0.143. The lowest BCUT2D eigenvalue weighted by Gasteiger charge is -2.19. The average Bonchev–Trinajstić information content (AvgIpc) is 3.13. The van der Waals surface area contributed by atoms with Gasteiger partial charge in [-0.05, 0) is 35.9 Å². The fraction of sp³-hybridized carbons (Fsp3) is 0.222. The number of rotatable bonds is 3. The summed E-state index contributed by atoms with van der Waals surface area (Å²) in [6.07, 6.45) is 0.871. The van der Waals surface area contributed by atoms with Gasteiger partial charge in [0.05, 0.1) is 18.7 Å². The molecule has 0 aliphatic carbocycles.